The zero-order valence-electron chi connectivity index (χ0n) is 15.0. The molecule has 144 valence electrons. The number of hydrogen-bond donors (Lipinski definition) is 4. The third kappa shape index (κ3) is 6.15. The second kappa shape index (κ2) is 9.97. The summed E-state index contributed by atoms with van der Waals surface area (Å²) in [5.41, 5.74) is 14.4. The number of anilines is 2. The number of amides is 1. The smallest absolute Gasteiger partial charge is 0.267 e. The molecule has 0 radical (unpaired) electrons. The number of nitrogen functional groups attached to an aromatic ring is 2. The van der Waals surface area contributed by atoms with Gasteiger partial charge in [0.1, 0.15) is 5.75 Å². The van der Waals surface area contributed by atoms with Crippen molar-refractivity contribution in [2.24, 2.45) is 0 Å². The van der Waals surface area contributed by atoms with Crippen LogP contribution >= 0.6 is 0 Å². The van der Waals surface area contributed by atoms with Crippen molar-refractivity contribution < 1.29 is 19.5 Å². The van der Waals surface area contributed by atoms with E-state index in [4.69, 9.17) is 26.1 Å². The standard InChI is InChI=1S/C18H23N5O4/c1-2-14-16(17(19)22-18(20)21-14)27-10-4-9-26-13-6-3-5-12(11-13)7-8-15(24)23-25/h3,5-8,11,25H,2,4,9-10H2,1H3,(H,23,24)(H4,19,20,21,22)/b8-7+. The highest BCUT2D eigenvalue weighted by atomic mass is 16.5. The minimum atomic E-state index is -0.601. The van der Waals surface area contributed by atoms with Crippen molar-refractivity contribution in [3.63, 3.8) is 0 Å². The largest absolute Gasteiger partial charge is 0.493 e. The molecule has 1 heterocycles. The maximum Gasteiger partial charge on any atom is 0.267 e. The first kappa shape index (κ1) is 20.0. The van der Waals surface area contributed by atoms with Crippen LogP contribution in [-0.4, -0.2) is 34.3 Å². The van der Waals surface area contributed by atoms with E-state index in [1.807, 2.05) is 25.1 Å². The van der Waals surface area contributed by atoms with E-state index in [0.29, 0.717) is 43.2 Å². The molecule has 1 aromatic heterocycles. The maximum atomic E-state index is 11.0. The third-order valence-electron chi connectivity index (χ3n) is 3.51. The molecule has 27 heavy (non-hydrogen) atoms. The molecule has 0 aliphatic rings. The van der Waals surface area contributed by atoms with Gasteiger partial charge < -0.3 is 20.9 Å². The molecule has 0 atom stereocenters. The molecule has 0 bridgehead atoms. The van der Waals surface area contributed by atoms with Crippen LogP contribution in [0.5, 0.6) is 11.5 Å². The SMILES string of the molecule is CCc1nc(N)nc(N)c1OCCCOc1cccc(/C=C/C(=O)NO)c1. The van der Waals surface area contributed by atoms with Gasteiger partial charge in [-0.25, -0.2) is 10.5 Å². The van der Waals surface area contributed by atoms with Crippen molar-refractivity contribution in [2.75, 3.05) is 24.7 Å². The Hall–Kier alpha value is -3.33. The predicted octanol–water partition coefficient (Wildman–Crippen LogP) is 1.57. The summed E-state index contributed by atoms with van der Waals surface area (Å²) >= 11 is 0. The molecule has 1 aromatic carbocycles. The van der Waals surface area contributed by atoms with Crippen LogP contribution < -0.4 is 26.4 Å². The Bertz CT molecular complexity index is 810. The molecule has 0 saturated heterocycles. The fourth-order valence-electron chi connectivity index (χ4n) is 2.27. The number of nitrogens with two attached hydrogens (primary N) is 2. The number of carbonyl (C=O) groups is 1. The summed E-state index contributed by atoms with van der Waals surface area (Å²) in [6.45, 7) is 2.75. The molecule has 0 aliphatic carbocycles. The summed E-state index contributed by atoms with van der Waals surface area (Å²) in [4.78, 5) is 19.0. The molecule has 0 saturated carbocycles. The van der Waals surface area contributed by atoms with Crippen molar-refractivity contribution in [3.05, 3.63) is 41.6 Å². The molecule has 0 fully saturated rings. The lowest BCUT2D eigenvalue weighted by atomic mass is 10.2. The number of carbonyl (C=O) groups excluding carboxylic acids is 1. The average molecular weight is 373 g/mol. The molecule has 0 unspecified atom stereocenters. The van der Waals surface area contributed by atoms with E-state index >= 15 is 0 Å². The summed E-state index contributed by atoms with van der Waals surface area (Å²) < 4.78 is 11.4. The number of aryl methyl sites for hydroxylation is 1. The minimum absolute atomic E-state index is 0.130. The van der Waals surface area contributed by atoms with Crippen LogP contribution in [0.4, 0.5) is 11.8 Å². The van der Waals surface area contributed by atoms with E-state index in [0.717, 1.165) is 5.56 Å². The van der Waals surface area contributed by atoms with E-state index in [-0.39, 0.29) is 11.8 Å². The van der Waals surface area contributed by atoms with Gasteiger partial charge in [0, 0.05) is 12.5 Å². The van der Waals surface area contributed by atoms with Gasteiger partial charge in [0.25, 0.3) is 5.91 Å². The molecule has 9 heteroatoms. The summed E-state index contributed by atoms with van der Waals surface area (Å²) in [6.07, 6.45) is 4.05. The van der Waals surface area contributed by atoms with Crippen LogP contribution in [-0.2, 0) is 11.2 Å². The highest BCUT2D eigenvalue weighted by molar-refractivity contribution is 5.90. The highest BCUT2D eigenvalue weighted by Crippen LogP contribution is 2.24. The first-order valence-electron chi connectivity index (χ1n) is 8.43. The van der Waals surface area contributed by atoms with Gasteiger partial charge in [0.05, 0.1) is 18.9 Å². The number of nitrogens with one attached hydrogen (secondary N) is 1. The maximum absolute atomic E-state index is 11.0. The van der Waals surface area contributed by atoms with Crippen LogP contribution in [0.1, 0.15) is 24.6 Å². The summed E-state index contributed by atoms with van der Waals surface area (Å²) in [7, 11) is 0. The minimum Gasteiger partial charge on any atom is -0.493 e. The van der Waals surface area contributed by atoms with Gasteiger partial charge in [-0.1, -0.05) is 19.1 Å². The van der Waals surface area contributed by atoms with Gasteiger partial charge >= 0.3 is 0 Å². The third-order valence-corrected chi connectivity index (χ3v) is 3.51. The van der Waals surface area contributed by atoms with E-state index in [1.54, 1.807) is 12.1 Å². The zero-order chi connectivity index (χ0) is 19.6. The molecule has 0 aliphatic heterocycles. The van der Waals surface area contributed by atoms with Gasteiger partial charge in [0.15, 0.2) is 11.6 Å². The molecule has 0 spiro atoms. The zero-order valence-corrected chi connectivity index (χ0v) is 15.0. The molecule has 2 rings (SSSR count). The topological polar surface area (TPSA) is 146 Å². The monoisotopic (exact) mass is 373 g/mol. The lowest BCUT2D eigenvalue weighted by Crippen LogP contribution is -2.14. The van der Waals surface area contributed by atoms with Crippen molar-refractivity contribution in [1.29, 1.82) is 0 Å². The van der Waals surface area contributed by atoms with Crippen molar-refractivity contribution in [1.82, 2.24) is 15.4 Å². The first-order chi connectivity index (χ1) is 13.0. The molecular formula is C18H23N5O4. The number of hydrogen-bond acceptors (Lipinski definition) is 8. The van der Waals surface area contributed by atoms with E-state index < -0.39 is 5.91 Å². The second-order valence-corrected chi connectivity index (χ2v) is 5.53. The van der Waals surface area contributed by atoms with Crippen molar-refractivity contribution in [3.8, 4) is 11.5 Å². The molecule has 9 nitrogen and oxygen atoms in total. The van der Waals surface area contributed by atoms with Crippen LogP contribution in [0, 0.1) is 0 Å². The van der Waals surface area contributed by atoms with Crippen LogP contribution in [0.2, 0.25) is 0 Å². The number of nitrogens with zero attached hydrogens (tertiary/aromatic N) is 2. The molecule has 1 amide bonds. The lowest BCUT2D eigenvalue weighted by Gasteiger charge is -2.12. The average Bonchev–Trinajstić information content (AvgIpc) is 2.67. The molecular weight excluding hydrogens is 350 g/mol. The van der Waals surface area contributed by atoms with E-state index in [2.05, 4.69) is 9.97 Å². The van der Waals surface area contributed by atoms with Gasteiger partial charge in [-0.2, -0.15) is 4.98 Å². The van der Waals surface area contributed by atoms with Crippen LogP contribution in [0.15, 0.2) is 30.3 Å². The summed E-state index contributed by atoms with van der Waals surface area (Å²) in [5, 5.41) is 8.47. The number of rotatable bonds is 9. The predicted molar refractivity (Wildman–Crippen MR) is 101 cm³/mol. The fraction of sp³-hybridized carbons (Fsp3) is 0.278. The Morgan fingerprint density at radius 3 is 2.78 bits per heavy atom. The van der Waals surface area contributed by atoms with Crippen LogP contribution in [0.3, 0.4) is 0 Å². The van der Waals surface area contributed by atoms with Gasteiger partial charge in [-0.15, -0.1) is 0 Å². The van der Waals surface area contributed by atoms with Gasteiger partial charge in [0.2, 0.25) is 5.95 Å². The van der Waals surface area contributed by atoms with E-state index in [9.17, 15) is 4.79 Å². The van der Waals surface area contributed by atoms with E-state index in [1.165, 1.54) is 11.6 Å². The summed E-state index contributed by atoms with van der Waals surface area (Å²) in [5.74, 6) is 0.875. The van der Waals surface area contributed by atoms with Crippen molar-refractivity contribution >= 4 is 23.7 Å². The Balaban J connectivity index is 1.82. The second-order valence-electron chi connectivity index (χ2n) is 5.53. The Kier molecular flexibility index (Phi) is 7.38. The summed E-state index contributed by atoms with van der Waals surface area (Å²) in [6, 6.07) is 7.21. The first-order valence-corrected chi connectivity index (χ1v) is 8.43. The Labute approximate surface area is 157 Å². The quantitative estimate of drug-likeness (QED) is 0.224. The molecule has 6 N–H and O–H groups in total. The number of hydroxylamine groups is 1. The van der Waals surface area contributed by atoms with Crippen LogP contribution in [0.25, 0.3) is 6.08 Å². The van der Waals surface area contributed by atoms with Gasteiger partial charge in [-0.3, -0.25) is 10.0 Å². The normalized spacial score (nSPS) is 10.7. The van der Waals surface area contributed by atoms with Crippen molar-refractivity contribution in [2.45, 2.75) is 19.8 Å². The fourth-order valence-corrected chi connectivity index (χ4v) is 2.27. The molecule has 2 aromatic rings. The number of ether oxygens (including phenoxy) is 2. The Morgan fingerprint density at radius 2 is 2.04 bits per heavy atom. The Morgan fingerprint density at radius 1 is 1.26 bits per heavy atom. The number of benzene rings is 1. The van der Waals surface area contributed by atoms with Gasteiger partial charge in [-0.05, 0) is 30.2 Å². The number of aromatic nitrogens is 2. The highest BCUT2D eigenvalue weighted by Gasteiger charge is 2.11. The lowest BCUT2D eigenvalue weighted by molar-refractivity contribution is -0.124.